The van der Waals surface area contributed by atoms with Gasteiger partial charge in [0.15, 0.2) is 0 Å². The summed E-state index contributed by atoms with van der Waals surface area (Å²) < 4.78 is 20.3. The zero-order chi connectivity index (χ0) is 12.3. The zero-order valence-electron chi connectivity index (χ0n) is 9.56. The number of anilines is 1. The Morgan fingerprint density at radius 3 is 2.94 bits per heavy atom. The minimum Gasteiger partial charge on any atom is -0.493 e. The van der Waals surface area contributed by atoms with Gasteiger partial charge in [-0.2, -0.15) is 5.10 Å². The van der Waals surface area contributed by atoms with Crippen molar-refractivity contribution in [2.75, 3.05) is 12.3 Å². The predicted octanol–water partition coefficient (Wildman–Crippen LogP) is 1.76. The smallest absolute Gasteiger partial charge is 0.149 e. The highest BCUT2D eigenvalue weighted by molar-refractivity contribution is 5.43. The van der Waals surface area contributed by atoms with E-state index in [9.17, 15) is 4.39 Å². The number of rotatable bonds is 4. The number of aromatic nitrogens is 2. The van der Waals surface area contributed by atoms with Gasteiger partial charge in [-0.3, -0.25) is 4.68 Å². The second kappa shape index (κ2) is 4.86. The van der Waals surface area contributed by atoms with Crippen molar-refractivity contribution in [1.29, 1.82) is 0 Å². The van der Waals surface area contributed by atoms with Gasteiger partial charge in [0.2, 0.25) is 0 Å². The number of nitrogen functional groups attached to an aromatic ring is 1. The van der Waals surface area contributed by atoms with Crippen LogP contribution in [0.25, 0.3) is 0 Å². The van der Waals surface area contributed by atoms with E-state index in [2.05, 4.69) is 5.10 Å². The van der Waals surface area contributed by atoms with Gasteiger partial charge < -0.3 is 10.5 Å². The highest BCUT2D eigenvalue weighted by atomic mass is 19.1. The lowest BCUT2D eigenvalue weighted by atomic mass is 10.2. The molecule has 0 unspecified atom stereocenters. The number of aryl methyl sites for hydroxylation is 1. The van der Waals surface area contributed by atoms with Crippen LogP contribution in [0.3, 0.4) is 0 Å². The summed E-state index contributed by atoms with van der Waals surface area (Å²) >= 11 is 0. The summed E-state index contributed by atoms with van der Waals surface area (Å²) in [6.45, 7) is 0.481. The Morgan fingerprint density at radius 1 is 1.47 bits per heavy atom. The normalized spacial score (nSPS) is 10.5. The predicted molar refractivity (Wildman–Crippen MR) is 63.2 cm³/mol. The number of nitrogens with zero attached hydrogens (tertiary/aromatic N) is 2. The van der Waals surface area contributed by atoms with E-state index in [0.29, 0.717) is 12.4 Å². The summed E-state index contributed by atoms with van der Waals surface area (Å²) in [6.07, 6.45) is 4.44. The van der Waals surface area contributed by atoms with Crippen LogP contribution in [0.15, 0.2) is 30.6 Å². The molecule has 2 N–H and O–H groups in total. The largest absolute Gasteiger partial charge is 0.493 e. The van der Waals surface area contributed by atoms with Crippen molar-refractivity contribution >= 4 is 5.69 Å². The average molecular weight is 235 g/mol. The third kappa shape index (κ3) is 2.96. The lowest BCUT2D eigenvalue weighted by Crippen LogP contribution is -2.01. The average Bonchev–Trinajstić information content (AvgIpc) is 2.70. The van der Waals surface area contributed by atoms with Crippen LogP contribution in [-0.4, -0.2) is 16.4 Å². The molecule has 1 aromatic heterocycles. The Bertz CT molecular complexity index is 510. The van der Waals surface area contributed by atoms with E-state index in [1.807, 2.05) is 13.2 Å². The zero-order valence-corrected chi connectivity index (χ0v) is 9.56. The number of hydrogen-bond acceptors (Lipinski definition) is 3. The van der Waals surface area contributed by atoms with Gasteiger partial charge in [-0.25, -0.2) is 4.39 Å². The van der Waals surface area contributed by atoms with Crippen LogP contribution < -0.4 is 10.5 Å². The fourth-order valence-electron chi connectivity index (χ4n) is 1.49. The van der Waals surface area contributed by atoms with Gasteiger partial charge in [-0.1, -0.05) is 0 Å². The molecule has 5 heteroatoms. The first kappa shape index (κ1) is 11.4. The van der Waals surface area contributed by atoms with E-state index in [-0.39, 0.29) is 5.69 Å². The molecule has 2 rings (SSSR count). The topological polar surface area (TPSA) is 53.1 Å². The molecule has 17 heavy (non-hydrogen) atoms. The van der Waals surface area contributed by atoms with Crippen LogP contribution in [0.4, 0.5) is 10.1 Å². The number of nitrogens with two attached hydrogens (primary N) is 1. The van der Waals surface area contributed by atoms with Crippen LogP contribution in [0.5, 0.6) is 5.75 Å². The van der Waals surface area contributed by atoms with Crippen LogP contribution >= 0.6 is 0 Å². The van der Waals surface area contributed by atoms with Crippen molar-refractivity contribution in [1.82, 2.24) is 9.78 Å². The Kier molecular flexibility index (Phi) is 3.27. The molecule has 90 valence electrons. The molecule has 0 aliphatic heterocycles. The molecule has 0 atom stereocenters. The highest BCUT2D eigenvalue weighted by Crippen LogP contribution is 2.18. The first-order valence-corrected chi connectivity index (χ1v) is 5.30. The monoisotopic (exact) mass is 235 g/mol. The standard InChI is InChI=1S/C12H14FN3O/c1-16-8-9(7-15-16)4-5-17-10-2-3-12(14)11(13)6-10/h2-3,6-8H,4-5,14H2,1H3. The second-order valence-electron chi connectivity index (χ2n) is 3.80. The van der Waals surface area contributed by atoms with E-state index < -0.39 is 5.82 Å². The van der Waals surface area contributed by atoms with Gasteiger partial charge in [-0.05, 0) is 17.7 Å². The lowest BCUT2D eigenvalue weighted by Gasteiger charge is -2.05. The van der Waals surface area contributed by atoms with Gasteiger partial charge in [0.05, 0.1) is 18.5 Å². The first-order chi connectivity index (χ1) is 8.15. The van der Waals surface area contributed by atoms with Gasteiger partial charge in [0.1, 0.15) is 11.6 Å². The van der Waals surface area contributed by atoms with Crippen molar-refractivity contribution in [3.8, 4) is 5.75 Å². The van der Waals surface area contributed by atoms with Crippen LogP contribution in [0, 0.1) is 5.82 Å². The number of halogens is 1. The third-order valence-corrected chi connectivity index (χ3v) is 2.39. The molecule has 0 radical (unpaired) electrons. The molecular formula is C12H14FN3O. The van der Waals surface area contributed by atoms with E-state index >= 15 is 0 Å². The molecule has 1 aromatic carbocycles. The van der Waals surface area contributed by atoms with Crippen LogP contribution in [-0.2, 0) is 13.5 Å². The van der Waals surface area contributed by atoms with E-state index in [1.165, 1.54) is 12.1 Å². The van der Waals surface area contributed by atoms with Crippen molar-refractivity contribution in [3.63, 3.8) is 0 Å². The molecule has 0 aliphatic rings. The Hall–Kier alpha value is -2.04. The van der Waals surface area contributed by atoms with Gasteiger partial charge in [0, 0.05) is 25.7 Å². The summed E-state index contributed by atoms with van der Waals surface area (Å²) in [5, 5.41) is 4.05. The van der Waals surface area contributed by atoms with Crippen molar-refractivity contribution in [2.24, 2.45) is 7.05 Å². The van der Waals surface area contributed by atoms with Crippen molar-refractivity contribution < 1.29 is 9.13 Å². The summed E-state index contributed by atoms with van der Waals surface area (Å²) in [5.41, 5.74) is 6.59. The molecule has 0 amide bonds. The van der Waals surface area contributed by atoms with Crippen molar-refractivity contribution in [2.45, 2.75) is 6.42 Å². The highest BCUT2D eigenvalue weighted by Gasteiger charge is 2.01. The van der Waals surface area contributed by atoms with Gasteiger partial charge >= 0.3 is 0 Å². The van der Waals surface area contributed by atoms with Crippen LogP contribution in [0.1, 0.15) is 5.56 Å². The van der Waals surface area contributed by atoms with E-state index in [1.54, 1.807) is 16.9 Å². The second-order valence-corrected chi connectivity index (χ2v) is 3.80. The molecular weight excluding hydrogens is 221 g/mol. The molecule has 0 bridgehead atoms. The lowest BCUT2D eigenvalue weighted by molar-refractivity contribution is 0.320. The fraction of sp³-hybridized carbons (Fsp3) is 0.250. The summed E-state index contributed by atoms with van der Waals surface area (Å²) in [4.78, 5) is 0. The summed E-state index contributed by atoms with van der Waals surface area (Å²) in [7, 11) is 1.86. The molecule has 4 nitrogen and oxygen atoms in total. The fourth-order valence-corrected chi connectivity index (χ4v) is 1.49. The Labute approximate surface area is 98.8 Å². The van der Waals surface area contributed by atoms with Crippen LogP contribution in [0.2, 0.25) is 0 Å². The van der Waals surface area contributed by atoms with E-state index in [4.69, 9.17) is 10.5 Å². The minimum atomic E-state index is -0.455. The molecule has 0 fully saturated rings. The number of benzene rings is 1. The first-order valence-electron chi connectivity index (χ1n) is 5.30. The summed E-state index contributed by atoms with van der Waals surface area (Å²) in [6, 6.07) is 4.44. The molecule has 1 heterocycles. The van der Waals surface area contributed by atoms with Gasteiger partial charge in [-0.15, -0.1) is 0 Å². The molecule has 2 aromatic rings. The number of ether oxygens (including phenoxy) is 1. The maximum atomic E-state index is 13.1. The van der Waals surface area contributed by atoms with E-state index in [0.717, 1.165) is 12.0 Å². The number of hydrogen-bond donors (Lipinski definition) is 1. The Morgan fingerprint density at radius 2 is 2.29 bits per heavy atom. The molecule has 0 saturated heterocycles. The SMILES string of the molecule is Cn1cc(CCOc2ccc(N)c(F)c2)cn1. The molecule has 0 saturated carbocycles. The van der Waals surface area contributed by atoms with Crippen molar-refractivity contribution in [3.05, 3.63) is 42.0 Å². The third-order valence-electron chi connectivity index (χ3n) is 2.39. The quantitative estimate of drug-likeness (QED) is 0.821. The maximum Gasteiger partial charge on any atom is 0.149 e. The maximum absolute atomic E-state index is 13.1. The summed E-state index contributed by atoms with van der Waals surface area (Å²) in [5.74, 6) is 0.0319. The Balaban J connectivity index is 1.87. The van der Waals surface area contributed by atoms with Gasteiger partial charge in [0.25, 0.3) is 0 Å². The minimum absolute atomic E-state index is 0.129. The molecule has 0 spiro atoms. The molecule has 0 aliphatic carbocycles.